The molecule has 0 aliphatic heterocycles. The topological polar surface area (TPSA) is 17.8 Å². The zero-order valence-electron chi connectivity index (χ0n) is 13.2. The third kappa shape index (κ3) is 3.98. The highest BCUT2D eigenvalue weighted by Gasteiger charge is 2.21. The molecule has 19 heavy (non-hydrogen) atoms. The van der Waals surface area contributed by atoms with E-state index in [1.165, 1.54) is 29.8 Å². The number of aromatic nitrogens is 2. The number of aryl methyl sites for hydroxylation is 1. The lowest BCUT2D eigenvalue weighted by Crippen LogP contribution is -2.12. The number of alkyl halides is 1. The van der Waals surface area contributed by atoms with Gasteiger partial charge >= 0.3 is 0 Å². The lowest BCUT2D eigenvalue weighted by Gasteiger charge is -2.14. The summed E-state index contributed by atoms with van der Waals surface area (Å²) in [5.41, 5.74) is 3.85. The maximum atomic E-state index is 6.52. The van der Waals surface area contributed by atoms with E-state index in [0.29, 0.717) is 5.92 Å². The summed E-state index contributed by atoms with van der Waals surface area (Å²) < 4.78 is 2.22. The molecule has 110 valence electrons. The van der Waals surface area contributed by atoms with Crippen LogP contribution in [0.5, 0.6) is 0 Å². The fraction of sp³-hybridized carbons (Fsp3) is 0.812. The Balaban J connectivity index is 3.08. The molecule has 3 heteroatoms. The minimum Gasteiger partial charge on any atom is -0.269 e. The van der Waals surface area contributed by atoms with E-state index < -0.39 is 0 Å². The van der Waals surface area contributed by atoms with Crippen LogP contribution in [0.1, 0.15) is 76.2 Å². The number of nitrogens with zero attached hydrogens (tertiary/aromatic N) is 2. The maximum Gasteiger partial charge on any atom is 0.0671 e. The summed E-state index contributed by atoms with van der Waals surface area (Å²) in [6.07, 6.45) is 5.46. The van der Waals surface area contributed by atoms with Crippen molar-refractivity contribution < 1.29 is 0 Å². The van der Waals surface area contributed by atoms with Crippen molar-refractivity contribution in [1.29, 1.82) is 0 Å². The minimum absolute atomic E-state index is 0.111. The van der Waals surface area contributed by atoms with Gasteiger partial charge in [0, 0.05) is 17.8 Å². The van der Waals surface area contributed by atoms with Crippen LogP contribution in [0.25, 0.3) is 0 Å². The molecule has 0 aromatic carbocycles. The van der Waals surface area contributed by atoms with Gasteiger partial charge in [0.05, 0.1) is 11.1 Å². The smallest absolute Gasteiger partial charge is 0.0671 e. The van der Waals surface area contributed by atoms with Crippen LogP contribution in [0, 0.1) is 5.92 Å². The van der Waals surface area contributed by atoms with Crippen LogP contribution in [0.2, 0.25) is 0 Å². The highest BCUT2D eigenvalue weighted by Crippen LogP contribution is 2.31. The zero-order valence-corrected chi connectivity index (χ0v) is 13.9. The molecule has 0 amide bonds. The summed E-state index contributed by atoms with van der Waals surface area (Å²) in [5.74, 6) is 0.683. The van der Waals surface area contributed by atoms with Gasteiger partial charge in [-0.05, 0) is 31.6 Å². The van der Waals surface area contributed by atoms with Crippen LogP contribution in [0.15, 0.2) is 0 Å². The highest BCUT2D eigenvalue weighted by molar-refractivity contribution is 6.20. The van der Waals surface area contributed by atoms with E-state index in [-0.39, 0.29) is 5.38 Å². The molecule has 1 heterocycles. The van der Waals surface area contributed by atoms with Gasteiger partial charge in [-0.15, -0.1) is 11.6 Å². The molecule has 0 spiro atoms. The van der Waals surface area contributed by atoms with Crippen LogP contribution in [-0.4, -0.2) is 9.78 Å². The van der Waals surface area contributed by atoms with Gasteiger partial charge in [-0.1, -0.05) is 41.0 Å². The number of halogens is 1. The van der Waals surface area contributed by atoms with Crippen molar-refractivity contribution in [3.05, 3.63) is 17.0 Å². The molecule has 0 N–H and O–H groups in total. The second-order valence-corrected chi connectivity index (χ2v) is 5.99. The molecule has 0 bridgehead atoms. The molecule has 2 atom stereocenters. The number of hydrogen-bond acceptors (Lipinski definition) is 1. The first-order valence-electron chi connectivity index (χ1n) is 7.81. The Morgan fingerprint density at radius 3 is 2.32 bits per heavy atom. The largest absolute Gasteiger partial charge is 0.269 e. The predicted octanol–water partition coefficient (Wildman–Crippen LogP) is 5.13. The third-order valence-corrected chi connectivity index (χ3v) is 4.31. The first-order valence-corrected chi connectivity index (χ1v) is 8.24. The monoisotopic (exact) mass is 284 g/mol. The molecule has 0 aliphatic carbocycles. The fourth-order valence-corrected chi connectivity index (χ4v) is 3.05. The van der Waals surface area contributed by atoms with E-state index in [9.17, 15) is 0 Å². The summed E-state index contributed by atoms with van der Waals surface area (Å²) in [5, 5.41) is 4.93. The summed E-state index contributed by atoms with van der Waals surface area (Å²) in [6, 6.07) is 0. The quantitative estimate of drug-likeness (QED) is 0.605. The Labute approximate surface area is 123 Å². The maximum absolute atomic E-state index is 6.52. The van der Waals surface area contributed by atoms with Crippen molar-refractivity contribution in [2.75, 3.05) is 0 Å². The Morgan fingerprint density at radius 1 is 1.16 bits per heavy atom. The Bertz CT molecular complexity index is 384. The summed E-state index contributed by atoms with van der Waals surface area (Å²) in [4.78, 5) is 0. The molecule has 0 saturated heterocycles. The molecule has 0 aliphatic rings. The lowest BCUT2D eigenvalue weighted by molar-refractivity contribution is 0.410. The summed E-state index contributed by atoms with van der Waals surface area (Å²) in [6.45, 7) is 12.1. The van der Waals surface area contributed by atoms with Gasteiger partial charge in [-0.2, -0.15) is 5.10 Å². The van der Waals surface area contributed by atoms with Gasteiger partial charge in [0.25, 0.3) is 0 Å². The van der Waals surface area contributed by atoms with Crippen LogP contribution >= 0.6 is 11.6 Å². The van der Waals surface area contributed by atoms with Gasteiger partial charge in [-0.25, -0.2) is 0 Å². The zero-order chi connectivity index (χ0) is 14.4. The van der Waals surface area contributed by atoms with Crippen molar-refractivity contribution in [3.63, 3.8) is 0 Å². The van der Waals surface area contributed by atoms with Gasteiger partial charge in [0.1, 0.15) is 0 Å². The van der Waals surface area contributed by atoms with Crippen LogP contribution < -0.4 is 0 Å². The molecule has 1 aromatic heterocycles. The Morgan fingerprint density at radius 2 is 1.84 bits per heavy atom. The van der Waals surface area contributed by atoms with E-state index in [2.05, 4.69) is 39.3 Å². The SMILES string of the molecule is CCCC(C)Cn1nc(CC)c(C(Cl)CC)c1CC. The van der Waals surface area contributed by atoms with E-state index >= 15 is 0 Å². The molecule has 2 unspecified atom stereocenters. The van der Waals surface area contributed by atoms with Crippen LogP contribution in [0.3, 0.4) is 0 Å². The van der Waals surface area contributed by atoms with E-state index in [1.807, 2.05) is 0 Å². The summed E-state index contributed by atoms with van der Waals surface area (Å²) in [7, 11) is 0. The van der Waals surface area contributed by atoms with Gasteiger partial charge < -0.3 is 0 Å². The van der Waals surface area contributed by atoms with Crippen molar-refractivity contribution in [2.24, 2.45) is 5.92 Å². The van der Waals surface area contributed by atoms with Crippen LogP contribution in [0.4, 0.5) is 0 Å². The molecule has 0 fully saturated rings. The summed E-state index contributed by atoms with van der Waals surface area (Å²) >= 11 is 6.52. The molecule has 1 rings (SSSR count). The third-order valence-electron chi connectivity index (χ3n) is 3.78. The van der Waals surface area contributed by atoms with Crippen molar-refractivity contribution in [3.8, 4) is 0 Å². The van der Waals surface area contributed by atoms with E-state index in [0.717, 1.165) is 25.8 Å². The molecule has 0 radical (unpaired) electrons. The average Bonchev–Trinajstić information content (AvgIpc) is 2.75. The Hall–Kier alpha value is -0.500. The molecular formula is C16H29ClN2. The predicted molar refractivity (Wildman–Crippen MR) is 83.9 cm³/mol. The van der Waals surface area contributed by atoms with E-state index in [4.69, 9.17) is 16.7 Å². The van der Waals surface area contributed by atoms with Crippen molar-refractivity contribution in [1.82, 2.24) is 9.78 Å². The molecule has 2 nitrogen and oxygen atoms in total. The molecule has 1 aromatic rings. The highest BCUT2D eigenvalue weighted by atomic mass is 35.5. The fourth-order valence-electron chi connectivity index (χ4n) is 2.80. The minimum atomic E-state index is 0.111. The van der Waals surface area contributed by atoms with Crippen LogP contribution in [-0.2, 0) is 19.4 Å². The second kappa shape index (κ2) is 7.94. The van der Waals surface area contributed by atoms with E-state index in [1.54, 1.807) is 0 Å². The molecular weight excluding hydrogens is 256 g/mol. The first kappa shape index (κ1) is 16.6. The van der Waals surface area contributed by atoms with Crippen molar-refractivity contribution >= 4 is 11.6 Å². The number of rotatable bonds is 8. The second-order valence-electron chi connectivity index (χ2n) is 5.47. The normalized spacial score (nSPS) is 14.6. The number of hydrogen-bond donors (Lipinski definition) is 0. The first-order chi connectivity index (χ1) is 9.08. The van der Waals surface area contributed by atoms with Gasteiger partial charge in [0.2, 0.25) is 0 Å². The standard InChI is InChI=1S/C16H29ClN2/c1-6-10-12(5)11-19-15(9-4)16(13(17)7-2)14(8-3)18-19/h12-13H,6-11H2,1-5H3. The lowest BCUT2D eigenvalue weighted by atomic mass is 10.0. The van der Waals surface area contributed by atoms with Gasteiger partial charge in [-0.3, -0.25) is 4.68 Å². The average molecular weight is 285 g/mol. The Kier molecular flexibility index (Phi) is 6.92. The van der Waals surface area contributed by atoms with Crippen molar-refractivity contribution in [2.45, 2.75) is 78.6 Å². The van der Waals surface area contributed by atoms with Gasteiger partial charge in [0.15, 0.2) is 0 Å². The molecule has 0 saturated carbocycles.